The fourth-order valence-electron chi connectivity index (χ4n) is 4.19. The molecule has 1 aromatic carbocycles. The Hall–Kier alpha value is -3.39. The molecule has 0 aliphatic carbocycles. The highest BCUT2D eigenvalue weighted by Crippen LogP contribution is 2.37. The summed E-state index contributed by atoms with van der Waals surface area (Å²) in [7, 11) is 2.02. The van der Waals surface area contributed by atoms with Gasteiger partial charge in [0.05, 0.1) is 5.69 Å². The first-order valence-electron chi connectivity index (χ1n) is 10.2. The van der Waals surface area contributed by atoms with Gasteiger partial charge in [0.1, 0.15) is 11.6 Å². The van der Waals surface area contributed by atoms with Gasteiger partial charge in [0, 0.05) is 48.5 Å². The molecule has 1 fully saturated rings. The summed E-state index contributed by atoms with van der Waals surface area (Å²) >= 11 is 0. The SMILES string of the molecule is Cc1cc(Nc2nc(-c3cc4ccccc4n3C)nc(N)c2C2CCOCC2)n[nH]1. The van der Waals surface area contributed by atoms with Crippen LogP contribution in [0.25, 0.3) is 22.4 Å². The van der Waals surface area contributed by atoms with E-state index in [1.165, 1.54) is 0 Å². The van der Waals surface area contributed by atoms with Gasteiger partial charge in [-0.05, 0) is 37.8 Å². The van der Waals surface area contributed by atoms with Crippen LogP contribution in [0, 0.1) is 6.92 Å². The van der Waals surface area contributed by atoms with Crippen molar-refractivity contribution in [2.45, 2.75) is 25.7 Å². The van der Waals surface area contributed by atoms with Crippen LogP contribution in [0.15, 0.2) is 36.4 Å². The molecule has 0 atom stereocenters. The molecule has 0 bridgehead atoms. The Balaban J connectivity index is 1.64. The number of nitrogens with zero attached hydrogens (tertiary/aromatic N) is 4. The number of nitrogen functional groups attached to an aromatic ring is 1. The van der Waals surface area contributed by atoms with Crippen molar-refractivity contribution in [3.8, 4) is 11.5 Å². The zero-order chi connectivity index (χ0) is 20.7. The molecule has 154 valence electrons. The van der Waals surface area contributed by atoms with E-state index < -0.39 is 0 Å². The summed E-state index contributed by atoms with van der Waals surface area (Å²) in [4.78, 5) is 9.64. The topological polar surface area (TPSA) is 107 Å². The van der Waals surface area contributed by atoms with Gasteiger partial charge in [-0.1, -0.05) is 18.2 Å². The Bertz CT molecular complexity index is 1200. The molecule has 0 amide bonds. The smallest absolute Gasteiger partial charge is 0.180 e. The monoisotopic (exact) mass is 403 g/mol. The van der Waals surface area contributed by atoms with E-state index in [4.69, 9.17) is 20.4 Å². The number of benzene rings is 1. The quantitative estimate of drug-likeness (QED) is 0.477. The molecular formula is C22H25N7O. The van der Waals surface area contributed by atoms with Gasteiger partial charge in [-0.25, -0.2) is 9.97 Å². The summed E-state index contributed by atoms with van der Waals surface area (Å²) in [6.07, 6.45) is 1.80. The number of aromatic nitrogens is 5. The minimum absolute atomic E-state index is 0.253. The molecule has 4 N–H and O–H groups in total. The molecule has 1 aliphatic rings. The second kappa shape index (κ2) is 7.46. The summed E-state index contributed by atoms with van der Waals surface area (Å²) in [6.45, 7) is 3.40. The third-order valence-corrected chi connectivity index (χ3v) is 5.74. The first kappa shape index (κ1) is 18.6. The Kier molecular flexibility index (Phi) is 4.63. The van der Waals surface area contributed by atoms with E-state index >= 15 is 0 Å². The Morgan fingerprint density at radius 2 is 1.97 bits per heavy atom. The minimum atomic E-state index is 0.253. The summed E-state index contributed by atoms with van der Waals surface area (Å²) in [5.74, 6) is 2.77. The molecular weight excluding hydrogens is 378 g/mol. The molecule has 0 radical (unpaired) electrons. The molecule has 4 heterocycles. The number of aromatic amines is 1. The molecule has 3 aromatic heterocycles. The predicted molar refractivity (Wildman–Crippen MR) is 118 cm³/mol. The fourth-order valence-corrected chi connectivity index (χ4v) is 4.19. The Morgan fingerprint density at radius 1 is 1.17 bits per heavy atom. The minimum Gasteiger partial charge on any atom is -0.383 e. The lowest BCUT2D eigenvalue weighted by molar-refractivity contribution is 0.0855. The van der Waals surface area contributed by atoms with Crippen LogP contribution in [0.3, 0.4) is 0 Å². The first-order valence-corrected chi connectivity index (χ1v) is 10.2. The Morgan fingerprint density at radius 3 is 2.70 bits per heavy atom. The highest BCUT2D eigenvalue weighted by molar-refractivity contribution is 5.86. The zero-order valence-electron chi connectivity index (χ0n) is 17.1. The molecule has 0 spiro atoms. The van der Waals surface area contributed by atoms with Crippen molar-refractivity contribution >= 4 is 28.4 Å². The van der Waals surface area contributed by atoms with Crippen LogP contribution in [0.4, 0.5) is 17.5 Å². The third kappa shape index (κ3) is 3.29. The molecule has 8 heteroatoms. The molecule has 1 aliphatic heterocycles. The van der Waals surface area contributed by atoms with Gasteiger partial charge in [-0.15, -0.1) is 0 Å². The number of nitrogens with two attached hydrogens (primary N) is 1. The number of fused-ring (bicyclic) bond motifs is 1. The molecule has 8 nitrogen and oxygen atoms in total. The average Bonchev–Trinajstić information content (AvgIpc) is 3.31. The lowest BCUT2D eigenvalue weighted by Gasteiger charge is -2.25. The average molecular weight is 403 g/mol. The number of ether oxygens (including phenoxy) is 1. The second-order valence-corrected chi connectivity index (χ2v) is 7.79. The maximum Gasteiger partial charge on any atom is 0.180 e. The number of nitrogens with one attached hydrogen (secondary N) is 2. The predicted octanol–water partition coefficient (Wildman–Crippen LogP) is 3.89. The van der Waals surface area contributed by atoms with Gasteiger partial charge < -0.3 is 20.4 Å². The van der Waals surface area contributed by atoms with Gasteiger partial charge in [0.2, 0.25) is 0 Å². The van der Waals surface area contributed by atoms with E-state index in [9.17, 15) is 0 Å². The van der Waals surface area contributed by atoms with Crippen molar-refractivity contribution < 1.29 is 4.74 Å². The summed E-state index contributed by atoms with van der Waals surface area (Å²) < 4.78 is 7.64. The van der Waals surface area contributed by atoms with E-state index in [1.54, 1.807) is 0 Å². The normalized spacial score (nSPS) is 15.0. The van der Waals surface area contributed by atoms with Crippen LogP contribution in [0.1, 0.15) is 30.0 Å². The van der Waals surface area contributed by atoms with Gasteiger partial charge >= 0.3 is 0 Å². The lowest BCUT2D eigenvalue weighted by atomic mass is 9.92. The summed E-state index contributed by atoms with van der Waals surface area (Å²) in [5, 5.41) is 11.8. The van der Waals surface area contributed by atoms with Gasteiger partial charge in [-0.2, -0.15) is 5.10 Å². The van der Waals surface area contributed by atoms with E-state index in [0.717, 1.165) is 53.9 Å². The number of hydrogen-bond donors (Lipinski definition) is 3. The maximum absolute atomic E-state index is 6.52. The highest BCUT2D eigenvalue weighted by Gasteiger charge is 2.25. The van der Waals surface area contributed by atoms with E-state index in [2.05, 4.69) is 38.3 Å². The molecule has 0 unspecified atom stereocenters. The standard InChI is InChI=1S/C22H25N7O/c1-13-11-18(28-27-13)24-22-19(14-7-9-30-10-8-14)20(23)25-21(26-22)17-12-15-5-3-4-6-16(15)29(17)2/h3-6,11-12,14H,7-10H2,1-2H3,(H4,23,24,25,26,27,28). The van der Waals surface area contributed by atoms with Gasteiger partial charge in [0.25, 0.3) is 0 Å². The van der Waals surface area contributed by atoms with Crippen molar-refractivity contribution in [2.75, 3.05) is 24.3 Å². The van der Waals surface area contributed by atoms with E-state index in [1.807, 2.05) is 32.2 Å². The van der Waals surface area contributed by atoms with Crippen molar-refractivity contribution in [1.82, 2.24) is 24.7 Å². The van der Waals surface area contributed by atoms with Crippen LogP contribution in [0.2, 0.25) is 0 Å². The second-order valence-electron chi connectivity index (χ2n) is 7.79. The lowest BCUT2D eigenvalue weighted by Crippen LogP contribution is -2.18. The number of para-hydroxylation sites is 1. The first-order chi connectivity index (χ1) is 14.6. The molecule has 30 heavy (non-hydrogen) atoms. The number of hydrogen-bond acceptors (Lipinski definition) is 6. The van der Waals surface area contributed by atoms with Crippen LogP contribution >= 0.6 is 0 Å². The van der Waals surface area contributed by atoms with Crippen molar-refractivity contribution in [3.05, 3.63) is 47.7 Å². The van der Waals surface area contributed by atoms with Crippen LogP contribution in [-0.2, 0) is 11.8 Å². The van der Waals surface area contributed by atoms with Gasteiger partial charge in [-0.3, -0.25) is 5.10 Å². The van der Waals surface area contributed by atoms with Crippen molar-refractivity contribution in [1.29, 1.82) is 0 Å². The van der Waals surface area contributed by atoms with Crippen molar-refractivity contribution in [3.63, 3.8) is 0 Å². The Labute approximate surface area is 174 Å². The zero-order valence-corrected chi connectivity index (χ0v) is 17.1. The van der Waals surface area contributed by atoms with Crippen LogP contribution < -0.4 is 11.1 Å². The summed E-state index contributed by atoms with van der Waals surface area (Å²) in [6, 6.07) is 12.3. The maximum atomic E-state index is 6.52. The fraction of sp³-hybridized carbons (Fsp3) is 0.318. The number of H-pyrrole nitrogens is 1. The van der Waals surface area contributed by atoms with E-state index in [0.29, 0.717) is 23.3 Å². The van der Waals surface area contributed by atoms with Crippen molar-refractivity contribution in [2.24, 2.45) is 7.05 Å². The molecule has 1 saturated heterocycles. The number of rotatable bonds is 4. The highest BCUT2D eigenvalue weighted by atomic mass is 16.5. The molecule has 4 aromatic rings. The molecule has 5 rings (SSSR count). The van der Waals surface area contributed by atoms with Crippen LogP contribution in [-0.4, -0.2) is 37.9 Å². The molecule has 0 saturated carbocycles. The van der Waals surface area contributed by atoms with Gasteiger partial charge in [0.15, 0.2) is 11.6 Å². The third-order valence-electron chi connectivity index (χ3n) is 5.74. The summed E-state index contributed by atoms with van der Waals surface area (Å²) in [5.41, 5.74) is 10.5. The van der Waals surface area contributed by atoms with Crippen LogP contribution in [0.5, 0.6) is 0 Å². The number of anilines is 3. The largest absolute Gasteiger partial charge is 0.383 e. The van der Waals surface area contributed by atoms with E-state index in [-0.39, 0.29) is 5.92 Å². The number of aryl methyl sites for hydroxylation is 2.